The van der Waals surface area contributed by atoms with Crippen LogP contribution in [-0.4, -0.2) is 15.5 Å². The number of carbonyl (C=O) groups is 1. The van der Waals surface area contributed by atoms with Crippen molar-refractivity contribution in [3.63, 3.8) is 0 Å². The highest BCUT2D eigenvalue weighted by atomic mass is 16.2. The second kappa shape index (κ2) is 5.68. The molecule has 3 rings (SSSR count). The zero-order valence-electron chi connectivity index (χ0n) is 13.3. The summed E-state index contributed by atoms with van der Waals surface area (Å²) in [5.74, 6) is -0.412. The Hall–Kier alpha value is -2.95. The van der Waals surface area contributed by atoms with Crippen LogP contribution in [0.15, 0.2) is 47.4 Å². The topological polar surface area (TPSA) is 64.0 Å². The fraction of sp³-hybridized carbons (Fsp3) is 0.167. The molecule has 0 fully saturated rings. The Balaban J connectivity index is 2.06. The minimum absolute atomic E-state index is 0.105. The van der Waals surface area contributed by atoms with E-state index in [9.17, 15) is 9.59 Å². The molecule has 0 bridgehead atoms. The second-order valence-electron chi connectivity index (χ2n) is 5.54. The number of rotatable bonds is 2. The Kier molecular flexibility index (Phi) is 3.70. The van der Waals surface area contributed by atoms with Gasteiger partial charge in [0.25, 0.3) is 11.5 Å². The number of hydrogen-bond donors (Lipinski definition) is 1. The van der Waals surface area contributed by atoms with Gasteiger partial charge in [0.1, 0.15) is 11.2 Å². The minimum atomic E-state index is -0.412. The van der Waals surface area contributed by atoms with E-state index in [-0.39, 0.29) is 11.1 Å². The molecular weight excluding hydrogens is 290 g/mol. The van der Waals surface area contributed by atoms with Crippen molar-refractivity contribution < 1.29 is 4.79 Å². The normalized spacial score (nSPS) is 10.7. The summed E-state index contributed by atoms with van der Waals surface area (Å²) in [7, 11) is 1.62. The maximum Gasteiger partial charge on any atom is 0.264 e. The predicted octanol–water partition coefficient (Wildman–Crippen LogP) is 2.80. The van der Waals surface area contributed by atoms with Crippen LogP contribution in [-0.2, 0) is 7.05 Å². The summed E-state index contributed by atoms with van der Waals surface area (Å²) in [6.45, 7) is 3.92. The largest absolute Gasteiger partial charge is 0.322 e. The average Bonchev–Trinajstić information content (AvgIpc) is 2.55. The fourth-order valence-electron chi connectivity index (χ4n) is 2.54. The molecule has 2 aromatic heterocycles. The summed E-state index contributed by atoms with van der Waals surface area (Å²) in [5, 5.41) is 3.58. The van der Waals surface area contributed by atoms with Crippen molar-refractivity contribution >= 4 is 22.6 Å². The van der Waals surface area contributed by atoms with E-state index in [1.54, 1.807) is 25.4 Å². The zero-order valence-corrected chi connectivity index (χ0v) is 13.3. The number of pyridine rings is 2. The highest BCUT2D eigenvalue weighted by molar-refractivity contribution is 6.06. The molecule has 0 aliphatic heterocycles. The summed E-state index contributed by atoms with van der Waals surface area (Å²) < 4.78 is 1.40. The van der Waals surface area contributed by atoms with E-state index in [4.69, 9.17) is 0 Å². The smallest absolute Gasteiger partial charge is 0.264 e. The Morgan fingerprint density at radius 1 is 1.17 bits per heavy atom. The zero-order chi connectivity index (χ0) is 16.6. The summed E-state index contributed by atoms with van der Waals surface area (Å²) in [6.07, 6.45) is 1.62. The lowest BCUT2D eigenvalue weighted by molar-refractivity contribution is 0.102. The van der Waals surface area contributed by atoms with Crippen molar-refractivity contribution in [2.24, 2.45) is 7.05 Å². The van der Waals surface area contributed by atoms with Crippen LogP contribution in [0, 0.1) is 13.8 Å². The first-order valence-electron chi connectivity index (χ1n) is 7.31. The molecule has 0 radical (unpaired) electrons. The average molecular weight is 307 g/mol. The summed E-state index contributed by atoms with van der Waals surface area (Å²) in [5.41, 5.74) is 3.08. The van der Waals surface area contributed by atoms with Crippen molar-refractivity contribution in [3.8, 4) is 0 Å². The number of benzene rings is 1. The number of anilines is 1. The SMILES string of the molecule is Cc1cccc(NC(=O)c2cc3cccnc3n(C)c2=O)c1C. The van der Waals surface area contributed by atoms with Gasteiger partial charge in [-0.25, -0.2) is 4.98 Å². The lowest BCUT2D eigenvalue weighted by Crippen LogP contribution is -2.28. The van der Waals surface area contributed by atoms with Crippen molar-refractivity contribution in [2.75, 3.05) is 5.32 Å². The lowest BCUT2D eigenvalue weighted by atomic mass is 10.1. The van der Waals surface area contributed by atoms with Gasteiger partial charge in [-0.1, -0.05) is 12.1 Å². The van der Waals surface area contributed by atoms with E-state index in [0.717, 1.165) is 16.5 Å². The van der Waals surface area contributed by atoms with E-state index in [2.05, 4.69) is 10.3 Å². The highest BCUT2D eigenvalue weighted by Crippen LogP contribution is 2.19. The molecule has 0 aliphatic carbocycles. The van der Waals surface area contributed by atoms with Gasteiger partial charge in [-0.05, 0) is 49.2 Å². The number of fused-ring (bicyclic) bond motifs is 1. The third-order valence-electron chi connectivity index (χ3n) is 4.07. The lowest BCUT2D eigenvalue weighted by Gasteiger charge is -2.11. The summed E-state index contributed by atoms with van der Waals surface area (Å²) in [4.78, 5) is 29.2. The maximum absolute atomic E-state index is 12.5. The first kappa shape index (κ1) is 15.0. The Morgan fingerprint density at radius 2 is 1.96 bits per heavy atom. The van der Waals surface area contributed by atoms with E-state index in [1.165, 1.54) is 4.57 Å². The molecule has 1 aromatic carbocycles. The van der Waals surface area contributed by atoms with Crippen molar-refractivity contribution in [1.82, 2.24) is 9.55 Å². The third kappa shape index (κ3) is 2.61. The molecule has 0 atom stereocenters. The molecule has 1 amide bonds. The molecule has 0 saturated heterocycles. The first-order valence-corrected chi connectivity index (χ1v) is 7.31. The standard InChI is InChI=1S/C18H17N3O2/c1-11-6-4-8-15(12(11)2)20-17(22)14-10-13-7-5-9-19-16(13)21(3)18(14)23/h4-10H,1-3H3,(H,20,22). The van der Waals surface area contributed by atoms with Gasteiger partial charge in [-0.2, -0.15) is 0 Å². The molecule has 0 saturated carbocycles. The van der Waals surface area contributed by atoms with E-state index < -0.39 is 5.91 Å². The molecule has 116 valence electrons. The Morgan fingerprint density at radius 3 is 2.74 bits per heavy atom. The van der Waals surface area contributed by atoms with Crippen LogP contribution in [0.25, 0.3) is 11.0 Å². The van der Waals surface area contributed by atoms with Gasteiger partial charge in [0.15, 0.2) is 0 Å². The quantitative estimate of drug-likeness (QED) is 0.792. The van der Waals surface area contributed by atoms with Gasteiger partial charge >= 0.3 is 0 Å². The second-order valence-corrected chi connectivity index (χ2v) is 5.54. The van der Waals surface area contributed by atoms with Crippen LogP contribution < -0.4 is 10.9 Å². The molecule has 1 N–H and O–H groups in total. The van der Waals surface area contributed by atoms with E-state index in [1.807, 2.05) is 38.1 Å². The van der Waals surface area contributed by atoms with Crippen LogP contribution in [0.1, 0.15) is 21.5 Å². The van der Waals surface area contributed by atoms with Gasteiger partial charge in [-0.3, -0.25) is 14.2 Å². The molecule has 5 nitrogen and oxygen atoms in total. The molecule has 0 spiro atoms. The number of aryl methyl sites for hydroxylation is 2. The Bertz CT molecular complexity index is 974. The monoisotopic (exact) mass is 307 g/mol. The van der Waals surface area contributed by atoms with Crippen LogP contribution in [0.5, 0.6) is 0 Å². The third-order valence-corrected chi connectivity index (χ3v) is 4.07. The first-order chi connectivity index (χ1) is 11.0. The molecule has 5 heteroatoms. The van der Waals surface area contributed by atoms with Crippen molar-refractivity contribution in [2.45, 2.75) is 13.8 Å². The molecule has 2 heterocycles. The van der Waals surface area contributed by atoms with E-state index >= 15 is 0 Å². The summed E-state index contributed by atoms with van der Waals surface area (Å²) in [6, 6.07) is 10.9. The number of nitrogens with zero attached hydrogens (tertiary/aromatic N) is 2. The molecule has 0 unspecified atom stereocenters. The Labute approximate surface area is 133 Å². The van der Waals surface area contributed by atoms with E-state index in [0.29, 0.717) is 11.3 Å². The maximum atomic E-state index is 12.5. The summed E-state index contributed by atoms with van der Waals surface area (Å²) >= 11 is 0. The number of hydrogen-bond acceptors (Lipinski definition) is 3. The highest BCUT2D eigenvalue weighted by Gasteiger charge is 2.15. The minimum Gasteiger partial charge on any atom is -0.322 e. The molecule has 23 heavy (non-hydrogen) atoms. The van der Waals surface area contributed by atoms with Gasteiger partial charge in [0, 0.05) is 24.3 Å². The van der Waals surface area contributed by atoms with Gasteiger partial charge < -0.3 is 5.32 Å². The molecule has 0 aliphatic rings. The van der Waals surface area contributed by atoms with Gasteiger partial charge in [0.05, 0.1) is 0 Å². The number of amides is 1. The van der Waals surface area contributed by atoms with Crippen LogP contribution in [0.3, 0.4) is 0 Å². The van der Waals surface area contributed by atoms with Gasteiger partial charge in [0.2, 0.25) is 0 Å². The number of nitrogens with one attached hydrogen (secondary N) is 1. The molecular formula is C18H17N3O2. The van der Waals surface area contributed by atoms with Gasteiger partial charge in [-0.15, -0.1) is 0 Å². The van der Waals surface area contributed by atoms with Crippen molar-refractivity contribution in [1.29, 1.82) is 0 Å². The van der Waals surface area contributed by atoms with Crippen LogP contribution >= 0.6 is 0 Å². The number of carbonyl (C=O) groups excluding carboxylic acids is 1. The van der Waals surface area contributed by atoms with Crippen LogP contribution in [0.2, 0.25) is 0 Å². The number of aromatic nitrogens is 2. The fourth-order valence-corrected chi connectivity index (χ4v) is 2.54. The molecule has 3 aromatic rings. The predicted molar refractivity (Wildman–Crippen MR) is 90.9 cm³/mol. The van der Waals surface area contributed by atoms with Crippen LogP contribution in [0.4, 0.5) is 5.69 Å². The van der Waals surface area contributed by atoms with Crippen molar-refractivity contribution in [3.05, 3.63) is 69.6 Å².